The Morgan fingerprint density at radius 3 is 2.82 bits per heavy atom. The van der Waals surface area contributed by atoms with E-state index in [1.54, 1.807) is 11.9 Å². The predicted molar refractivity (Wildman–Crippen MR) is 72.3 cm³/mol. The van der Waals surface area contributed by atoms with Crippen LogP contribution in [0.3, 0.4) is 0 Å². The lowest BCUT2D eigenvalue weighted by atomic mass is 10.2. The van der Waals surface area contributed by atoms with Crippen LogP contribution in [0.15, 0.2) is 34.3 Å². The highest BCUT2D eigenvalue weighted by Crippen LogP contribution is 2.15. The number of rotatable bonds is 3. The average molecular weight is 250 g/mol. The fraction of sp³-hybridized carbons (Fsp3) is 0.462. The first kappa shape index (κ1) is 12.5. The summed E-state index contributed by atoms with van der Waals surface area (Å²) in [6.07, 6.45) is 3.07. The van der Waals surface area contributed by atoms with E-state index in [0.717, 1.165) is 32.5 Å². The van der Waals surface area contributed by atoms with E-state index in [0.29, 0.717) is 0 Å². The Bertz CT molecular complexity index is 366. The van der Waals surface area contributed by atoms with Crippen molar-refractivity contribution >= 4 is 17.7 Å². The summed E-state index contributed by atoms with van der Waals surface area (Å²) in [7, 11) is 0. The summed E-state index contributed by atoms with van der Waals surface area (Å²) in [4.78, 5) is 4.25. The van der Waals surface area contributed by atoms with Crippen LogP contribution in [-0.2, 0) is 4.74 Å². The molecule has 1 N–H and O–H groups in total. The molecule has 0 aromatic heterocycles. The van der Waals surface area contributed by atoms with Crippen LogP contribution in [0.1, 0.15) is 24.8 Å². The van der Waals surface area contributed by atoms with Crippen LogP contribution in [0.25, 0.3) is 0 Å². The molecule has 0 aliphatic carbocycles. The first-order chi connectivity index (χ1) is 8.34. The van der Waals surface area contributed by atoms with E-state index >= 15 is 0 Å². The molecular formula is C13H18N2OS. The SMILES string of the molecule is Cc1ccc(SN/N=C2/CCCOCC2)cc1. The molecule has 1 aromatic carbocycles. The van der Waals surface area contributed by atoms with Gasteiger partial charge in [-0.2, -0.15) is 5.10 Å². The Hall–Kier alpha value is -1.00. The van der Waals surface area contributed by atoms with Crippen molar-refractivity contribution in [1.82, 2.24) is 4.83 Å². The molecule has 0 unspecified atom stereocenters. The summed E-state index contributed by atoms with van der Waals surface area (Å²) in [5, 5.41) is 4.41. The molecule has 17 heavy (non-hydrogen) atoms. The standard InChI is InChI=1S/C13H18N2OS/c1-11-4-6-13(7-5-11)17-15-14-12-3-2-9-16-10-8-12/h4-7,15H,2-3,8-10H2,1H3/b14-12-. The molecule has 1 fully saturated rings. The molecule has 0 radical (unpaired) electrons. The number of hydrogen-bond acceptors (Lipinski definition) is 4. The van der Waals surface area contributed by atoms with Gasteiger partial charge in [-0.3, -0.25) is 0 Å². The lowest BCUT2D eigenvalue weighted by Gasteiger charge is -2.03. The number of hydrazone groups is 1. The molecule has 1 aliphatic rings. The maximum atomic E-state index is 5.39. The van der Waals surface area contributed by atoms with Crippen LogP contribution < -0.4 is 4.83 Å². The number of hydrogen-bond donors (Lipinski definition) is 1. The van der Waals surface area contributed by atoms with Gasteiger partial charge in [0.2, 0.25) is 0 Å². The lowest BCUT2D eigenvalue weighted by molar-refractivity contribution is 0.147. The highest BCUT2D eigenvalue weighted by Gasteiger charge is 2.05. The molecule has 0 saturated carbocycles. The van der Waals surface area contributed by atoms with E-state index < -0.39 is 0 Å². The molecule has 1 aromatic rings. The molecule has 92 valence electrons. The van der Waals surface area contributed by atoms with Gasteiger partial charge in [0.05, 0.1) is 6.61 Å². The first-order valence-electron chi connectivity index (χ1n) is 5.96. The molecule has 4 heteroatoms. The number of nitrogens with one attached hydrogen (secondary N) is 1. The molecule has 1 saturated heterocycles. The van der Waals surface area contributed by atoms with Gasteiger partial charge >= 0.3 is 0 Å². The lowest BCUT2D eigenvalue weighted by Crippen LogP contribution is -2.04. The maximum absolute atomic E-state index is 5.39. The quantitative estimate of drug-likeness (QED) is 0.661. The van der Waals surface area contributed by atoms with Crippen LogP contribution in [-0.4, -0.2) is 18.9 Å². The van der Waals surface area contributed by atoms with Gasteiger partial charge in [-0.1, -0.05) is 17.7 Å². The molecule has 0 atom stereocenters. The van der Waals surface area contributed by atoms with Gasteiger partial charge in [-0.25, -0.2) is 4.83 Å². The van der Waals surface area contributed by atoms with E-state index in [4.69, 9.17) is 4.74 Å². The van der Waals surface area contributed by atoms with E-state index in [2.05, 4.69) is 41.1 Å². The van der Waals surface area contributed by atoms with E-state index in [1.165, 1.54) is 16.2 Å². The predicted octanol–water partition coefficient (Wildman–Crippen LogP) is 3.15. The minimum absolute atomic E-state index is 0.801. The third kappa shape index (κ3) is 4.40. The van der Waals surface area contributed by atoms with Gasteiger partial charge in [-0.05, 0) is 31.9 Å². The zero-order valence-corrected chi connectivity index (χ0v) is 10.9. The Balaban J connectivity index is 1.81. The Kier molecular flexibility index (Phi) is 4.88. The van der Waals surface area contributed by atoms with E-state index in [9.17, 15) is 0 Å². The molecule has 1 heterocycles. The molecule has 3 nitrogen and oxygen atoms in total. The Morgan fingerprint density at radius 1 is 1.18 bits per heavy atom. The van der Waals surface area contributed by atoms with Gasteiger partial charge in [0, 0.05) is 35.6 Å². The van der Waals surface area contributed by atoms with Gasteiger partial charge in [-0.15, -0.1) is 0 Å². The monoisotopic (exact) mass is 250 g/mol. The summed E-state index contributed by atoms with van der Waals surface area (Å²) < 4.78 is 5.39. The average Bonchev–Trinajstić information content (AvgIpc) is 2.60. The molecule has 1 aliphatic heterocycles. The second-order valence-electron chi connectivity index (χ2n) is 4.15. The van der Waals surface area contributed by atoms with Crippen LogP contribution in [0.4, 0.5) is 0 Å². The second-order valence-corrected chi connectivity index (χ2v) is 5.01. The zero-order chi connectivity index (χ0) is 11.9. The van der Waals surface area contributed by atoms with Crippen molar-refractivity contribution in [2.45, 2.75) is 31.1 Å². The summed E-state index contributed by atoms with van der Waals surface area (Å²) in [6.45, 7) is 3.76. The molecular weight excluding hydrogens is 232 g/mol. The number of ether oxygens (including phenoxy) is 1. The normalized spacial score (nSPS) is 19.0. The second kappa shape index (κ2) is 6.67. The molecule has 0 bridgehead atoms. The molecule has 0 spiro atoms. The van der Waals surface area contributed by atoms with Gasteiger partial charge in [0.15, 0.2) is 0 Å². The van der Waals surface area contributed by atoms with Crippen LogP contribution in [0.2, 0.25) is 0 Å². The summed E-state index contributed by atoms with van der Waals surface area (Å²) >= 11 is 1.55. The summed E-state index contributed by atoms with van der Waals surface area (Å²) in [5.41, 5.74) is 2.49. The summed E-state index contributed by atoms with van der Waals surface area (Å²) in [5.74, 6) is 0. The van der Waals surface area contributed by atoms with Crippen molar-refractivity contribution < 1.29 is 4.74 Å². The summed E-state index contributed by atoms with van der Waals surface area (Å²) in [6, 6.07) is 8.42. The van der Waals surface area contributed by atoms with Gasteiger partial charge < -0.3 is 4.74 Å². The minimum atomic E-state index is 0.801. The van der Waals surface area contributed by atoms with Crippen molar-refractivity contribution in [3.63, 3.8) is 0 Å². The smallest absolute Gasteiger partial charge is 0.0518 e. The van der Waals surface area contributed by atoms with Crippen molar-refractivity contribution in [1.29, 1.82) is 0 Å². The third-order valence-electron chi connectivity index (χ3n) is 2.68. The highest BCUT2D eigenvalue weighted by atomic mass is 32.2. The highest BCUT2D eigenvalue weighted by molar-refractivity contribution is 7.97. The van der Waals surface area contributed by atoms with Gasteiger partial charge in [0.25, 0.3) is 0 Å². The fourth-order valence-electron chi connectivity index (χ4n) is 1.65. The first-order valence-corrected chi connectivity index (χ1v) is 6.78. The van der Waals surface area contributed by atoms with Crippen molar-refractivity contribution in [3.8, 4) is 0 Å². The third-order valence-corrected chi connectivity index (χ3v) is 3.37. The minimum Gasteiger partial charge on any atom is -0.381 e. The Morgan fingerprint density at radius 2 is 2.00 bits per heavy atom. The number of nitrogens with zero attached hydrogens (tertiary/aromatic N) is 1. The largest absolute Gasteiger partial charge is 0.381 e. The van der Waals surface area contributed by atoms with E-state index in [-0.39, 0.29) is 0 Å². The van der Waals surface area contributed by atoms with Crippen LogP contribution in [0, 0.1) is 6.92 Å². The van der Waals surface area contributed by atoms with E-state index in [1.807, 2.05) is 0 Å². The van der Waals surface area contributed by atoms with Gasteiger partial charge in [0.1, 0.15) is 0 Å². The van der Waals surface area contributed by atoms with Crippen molar-refractivity contribution in [2.24, 2.45) is 5.10 Å². The number of benzene rings is 1. The maximum Gasteiger partial charge on any atom is 0.0518 e. The van der Waals surface area contributed by atoms with Crippen LogP contribution in [0.5, 0.6) is 0 Å². The fourth-order valence-corrected chi connectivity index (χ4v) is 2.21. The molecule has 0 amide bonds. The Labute approximate surface area is 107 Å². The number of aryl methyl sites for hydroxylation is 1. The topological polar surface area (TPSA) is 33.6 Å². The van der Waals surface area contributed by atoms with Crippen LogP contribution >= 0.6 is 11.9 Å². The molecule has 2 rings (SSSR count). The van der Waals surface area contributed by atoms with Crippen molar-refractivity contribution in [3.05, 3.63) is 29.8 Å². The zero-order valence-electron chi connectivity index (χ0n) is 10.1. The van der Waals surface area contributed by atoms with Crippen molar-refractivity contribution in [2.75, 3.05) is 13.2 Å².